The molecule has 0 bridgehead atoms. The van der Waals surface area contributed by atoms with Gasteiger partial charge in [-0.3, -0.25) is 9.69 Å². The van der Waals surface area contributed by atoms with Crippen LogP contribution in [0.15, 0.2) is 59.3 Å². The van der Waals surface area contributed by atoms with Crippen molar-refractivity contribution in [3.8, 4) is 16.9 Å². The lowest BCUT2D eigenvalue weighted by molar-refractivity contribution is 0.111. The molecule has 0 atom stereocenters. The van der Waals surface area contributed by atoms with Gasteiger partial charge in [-0.2, -0.15) is 5.10 Å². The number of carbonyl (C=O) groups is 1. The van der Waals surface area contributed by atoms with Gasteiger partial charge in [0.15, 0.2) is 6.29 Å². The van der Waals surface area contributed by atoms with E-state index < -0.39 is 5.82 Å². The summed E-state index contributed by atoms with van der Waals surface area (Å²) in [5.74, 6) is -0.391. The lowest BCUT2D eigenvalue weighted by atomic mass is 10.1. The molecule has 0 radical (unpaired) electrons. The van der Waals surface area contributed by atoms with Gasteiger partial charge in [0.05, 0.1) is 18.1 Å². The van der Waals surface area contributed by atoms with Gasteiger partial charge in [-0.15, -0.1) is 0 Å². The van der Waals surface area contributed by atoms with Crippen molar-refractivity contribution in [2.45, 2.75) is 0 Å². The zero-order chi connectivity index (χ0) is 21.0. The Morgan fingerprint density at radius 1 is 1.31 bits per heavy atom. The number of hydrogen-bond donors (Lipinski definition) is 1. The lowest BCUT2D eigenvalue weighted by Gasteiger charge is -2.08. The average Bonchev–Trinajstić information content (AvgIpc) is 3.27. The van der Waals surface area contributed by atoms with Crippen molar-refractivity contribution < 1.29 is 9.18 Å². The normalized spacial score (nSPS) is 13.6. The van der Waals surface area contributed by atoms with Crippen LogP contribution in [-0.2, 0) is 0 Å². The standard InChI is InChI=1S/C15H8BrClFN3O.C5H10N2/c16-10-3-9(4-11(18)5-10)14-6-12(8-22)20-21(14)13-1-2-19-15(17)7-13;1-5-3-7(2)4-6-5/h1-8H;6H,1,3-4H2,2H3. The van der Waals surface area contributed by atoms with E-state index in [4.69, 9.17) is 11.6 Å². The first kappa shape index (κ1) is 21.2. The van der Waals surface area contributed by atoms with Crippen LogP contribution in [0, 0.1) is 5.82 Å². The van der Waals surface area contributed by atoms with Crippen molar-refractivity contribution in [1.82, 2.24) is 25.0 Å². The highest BCUT2D eigenvalue weighted by molar-refractivity contribution is 9.10. The number of halogens is 3. The van der Waals surface area contributed by atoms with Crippen molar-refractivity contribution in [3.63, 3.8) is 0 Å². The second-order valence-corrected chi connectivity index (χ2v) is 7.73. The molecule has 2 aromatic heterocycles. The van der Waals surface area contributed by atoms with Crippen LogP contribution in [0.25, 0.3) is 16.9 Å². The summed E-state index contributed by atoms with van der Waals surface area (Å²) in [5, 5.41) is 7.60. The van der Waals surface area contributed by atoms with Gasteiger partial charge in [-0.05, 0) is 37.4 Å². The van der Waals surface area contributed by atoms with E-state index in [1.807, 2.05) is 0 Å². The summed E-state index contributed by atoms with van der Waals surface area (Å²) in [4.78, 5) is 17.1. The molecule has 9 heteroatoms. The summed E-state index contributed by atoms with van der Waals surface area (Å²) in [6, 6.07) is 9.37. The van der Waals surface area contributed by atoms with Crippen LogP contribution in [0.1, 0.15) is 10.5 Å². The number of pyridine rings is 1. The van der Waals surface area contributed by atoms with Crippen LogP contribution in [0.2, 0.25) is 5.15 Å². The van der Waals surface area contributed by atoms with Gasteiger partial charge in [0.1, 0.15) is 16.7 Å². The molecule has 0 spiro atoms. The Morgan fingerprint density at radius 3 is 2.66 bits per heavy atom. The number of benzene rings is 1. The van der Waals surface area contributed by atoms with Crippen molar-refractivity contribution in [1.29, 1.82) is 0 Å². The second kappa shape index (κ2) is 9.30. The number of nitrogens with zero attached hydrogens (tertiary/aromatic N) is 4. The van der Waals surface area contributed by atoms with Crippen LogP contribution in [0.3, 0.4) is 0 Å². The third-order valence-electron chi connectivity index (χ3n) is 4.02. The average molecular weight is 479 g/mol. The van der Waals surface area contributed by atoms with Crippen molar-refractivity contribution in [2.24, 2.45) is 0 Å². The fraction of sp³-hybridized carbons (Fsp3) is 0.150. The summed E-state index contributed by atoms with van der Waals surface area (Å²) in [5.41, 5.74) is 3.15. The van der Waals surface area contributed by atoms with Gasteiger partial charge in [0.25, 0.3) is 0 Å². The van der Waals surface area contributed by atoms with E-state index >= 15 is 0 Å². The van der Waals surface area contributed by atoms with Gasteiger partial charge in [0, 0.05) is 34.5 Å². The van der Waals surface area contributed by atoms with Crippen LogP contribution >= 0.6 is 27.5 Å². The van der Waals surface area contributed by atoms with Crippen molar-refractivity contribution in [2.75, 3.05) is 20.3 Å². The van der Waals surface area contributed by atoms with Gasteiger partial charge >= 0.3 is 0 Å². The Hall–Kier alpha value is -2.55. The molecule has 1 fully saturated rings. The summed E-state index contributed by atoms with van der Waals surface area (Å²) < 4.78 is 15.8. The minimum absolute atomic E-state index is 0.239. The number of likely N-dealkylation sites (N-methyl/N-ethyl adjacent to an activating group) is 1. The zero-order valence-electron chi connectivity index (χ0n) is 15.6. The minimum Gasteiger partial charge on any atom is -0.375 e. The second-order valence-electron chi connectivity index (χ2n) is 6.43. The van der Waals surface area contributed by atoms with Gasteiger partial charge < -0.3 is 5.32 Å². The molecule has 0 saturated carbocycles. The monoisotopic (exact) mass is 477 g/mol. The highest BCUT2D eigenvalue weighted by Gasteiger charge is 2.13. The smallest absolute Gasteiger partial charge is 0.170 e. The van der Waals surface area contributed by atoms with E-state index in [0.29, 0.717) is 32.9 Å². The Balaban J connectivity index is 0.000000290. The number of carbonyl (C=O) groups excluding carboxylic acids is 1. The molecular weight excluding hydrogens is 461 g/mol. The summed E-state index contributed by atoms with van der Waals surface area (Å²) in [6.07, 6.45) is 2.17. The molecule has 1 saturated heterocycles. The van der Waals surface area contributed by atoms with E-state index in [2.05, 4.69) is 49.9 Å². The number of nitrogens with one attached hydrogen (secondary N) is 1. The predicted octanol–water partition coefficient (Wildman–Crippen LogP) is 4.29. The first-order valence-electron chi connectivity index (χ1n) is 8.59. The first-order valence-corrected chi connectivity index (χ1v) is 9.76. The number of rotatable bonds is 3. The lowest BCUT2D eigenvalue weighted by Crippen LogP contribution is -2.15. The molecular formula is C20H18BrClFN5O. The molecule has 29 heavy (non-hydrogen) atoms. The van der Waals surface area contributed by atoms with Gasteiger partial charge in [-0.25, -0.2) is 14.1 Å². The molecule has 6 nitrogen and oxygen atoms in total. The molecule has 1 aliphatic rings. The Bertz CT molecular complexity index is 1030. The van der Waals surface area contributed by atoms with Crippen LogP contribution in [-0.4, -0.2) is 46.2 Å². The van der Waals surface area contributed by atoms with E-state index in [-0.39, 0.29) is 5.69 Å². The number of aromatic nitrogens is 3. The van der Waals surface area contributed by atoms with E-state index in [9.17, 15) is 9.18 Å². The van der Waals surface area contributed by atoms with Crippen LogP contribution in [0.5, 0.6) is 0 Å². The third kappa shape index (κ3) is 5.50. The Morgan fingerprint density at radius 2 is 2.10 bits per heavy atom. The summed E-state index contributed by atoms with van der Waals surface area (Å²) >= 11 is 9.15. The largest absolute Gasteiger partial charge is 0.375 e. The molecule has 150 valence electrons. The minimum atomic E-state index is -0.391. The van der Waals surface area contributed by atoms with Gasteiger partial charge in [-0.1, -0.05) is 34.1 Å². The highest BCUT2D eigenvalue weighted by atomic mass is 79.9. The maximum Gasteiger partial charge on any atom is 0.170 e. The van der Waals surface area contributed by atoms with Crippen LogP contribution in [0.4, 0.5) is 4.39 Å². The third-order valence-corrected chi connectivity index (χ3v) is 4.69. The number of hydrogen-bond acceptors (Lipinski definition) is 5. The molecule has 0 unspecified atom stereocenters. The van der Waals surface area contributed by atoms with Crippen molar-refractivity contribution in [3.05, 3.63) is 76.0 Å². The van der Waals surface area contributed by atoms with E-state index in [1.54, 1.807) is 24.3 Å². The van der Waals surface area contributed by atoms with E-state index in [0.717, 1.165) is 18.9 Å². The fourth-order valence-electron chi connectivity index (χ4n) is 2.77. The molecule has 1 aliphatic heterocycles. The summed E-state index contributed by atoms with van der Waals surface area (Å²) in [7, 11) is 2.06. The van der Waals surface area contributed by atoms with Crippen LogP contribution < -0.4 is 5.32 Å². The number of aldehydes is 1. The van der Waals surface area contributed by atoms with Crippen molar-refractivity contribution >= 4 is 33.8 Å². The Kier molecular flexibility index (Phi) is 6.79. The topological polar surface area (TPSA) is 63.1 Å². The SMILES string of the molecule is C=C1CN(C)CN1.O=Cc1cc(-c2cc(F)cc(Br)c2)n(-c2ccnc(Cl)c2)n1. The maximum absolute atomic E-state index is 13.6. The molecule has 0 amide bonds. The Labute approximate surface area is 181 Å². The molecule has 3 heterocycles. The van der Waals surface area contributed by atoms with E-state index in [1.165, 1.54) is 23.0 Å². The quantitative estimate of drug-likeness (QED) is 0.449. The molecule has 4 rings (SSSR count). The molecule has 0 aliphatic carbocycles. The zero-order valence-corrected chi connectivity index (χ0v) is 17.9. The predicted molar refractivity (Wildman–Crippen MR) is 115 cm³/mol. The maximum atomic E-state index is 13.6. The molecule has 1 N–H and O–H groups in total. The molecule has 1 aromatic carbocycles. The van der Waals surface area contributed by atoms with Gasteiger partial charge in [0.2, 0.25) is 0 Å². The summed E-state index contributed by atoms with van der Waals surface area (Å²) in [6.45, 7) is 5.71. The first-order chi connectivity index (χ1) is 13.9. The fourth-order valence-corrected chi connectivity index (χ4v) is 3.40. The molecule has 3 aromatic rings. The highest BCUT2D eigenvalue weighted by Crippen LogP contribution is 2.27.